The van der Waals surface area contributed by atoms with Crippen LogP contribution < -0.4 is 0 Å². The zero-order valence-electron chi connectivity index (χ0n) is 17.0. The molecule has 3 fully saturated rings. The number of carbonyl (C=O) groups excluding carboxylic acids is 5. The predicted octanol–water partition coefficient (Wildman–Crippen LogP) is 0.234. The van der Waals surface area contributed by atoms with E-state index in [1.54, 1.807) is 0 Å². The van der Waals surface area contributed by atoms with Crippen LogP contribution in [0.2, 0.25) is 0 Å². The van der Waals surface area contributed by atoms with Crippen LogP contribution in [0, 0.1) is 23.7 Å². The second-order valence-corrected chi connectivity index (χ2v) is 8.69. The van der Waals surface area contributed by atoms with Crippen LogP contribution in [-0.2, 0) is 30.4 Å². The third kappa shape index (κ3) is 3.26. The van der Waals surface area contributed by atoms with E-state index in [1.807, 2.05) is 42.5 Å². The van der Waals surface area contributed by atoms with Crippen LogP contribution in [0.3, 0.4) is 0 Å². The lowest BCUT2D eigenvalue weighted by Gasteiger charge is -2.33. The van der Waals surface area contributed by atoms with Crippen molar-refractivity contribution < 1.29 is 24.0 Å². The van der Waals surface area contributed by atoms with Crippen LogP contribution in [-0.4, -0.2) is 70.4 Å². The van der Waals surface area contributed by atoms with Gasteiger partial charge in [0.2, 0.25) is 29.5 Å². The van der Waals surface area contributed by atoms with Crippen molar-refractivity contribution in [2.75, 3.05) is 26.2 Å². The van der Waals surface area contributed by atoms with Crippen molar-refractivity contribution in [2.45, 2.75) is 12.8 Å². The summed E-state index contributed by atoms with van der Waals surface area (Å²) in [4.78, 5) is 66.7. The first-order valence-electron chi connectivity index (χ1n) is 10.6. The first-order valence-corrected chi connectivity index (χ1v) is 10.6. The maximum atomic E-state index is 12.8. The Bertz CT molecular complexity index is 956. The fourth-order valence-electron chi connectivity index (χ4n) is 5.36. The molecule has 0 radical (unpaired) electrons. The Kier molecular flexibility index (Phi) is 4.72. The number of imide groups is 2. The number of amides is 5. The molecule has 2 heterocycles. The molecule has 31 heavy (non-hydrogen) atoms. The van der Waals surface area contributed by atoms with Crippen LogP contribution in [0.15, 0.2) is 42.5 Å². The Balaban J connectivity index is 1.20. The summed E-state index contributed by atoms with van der Waals surface area (Å²) in [6.07, 6.45) is 5.35. The molecule has 4 atom stereocenters. The molecular formula is C23H23N3O5. The first kappa shape index (κ1) is 19.7. The highest BCUT2D eigenvalue weighted by molar-refractivity contribution is 6.09. The molecule has 0 unspecified atom stereocenters. The van der Waals surface area contributed by atoms with Gasteiger partial charge in [-0.2, -0.15) is 0 Å². The maximum Gasteiger partial charge on any atom is 0.248 e. The van der Waals surface area contributed by atoms with Crippen molar-refractivity contribution >= 4 is 29.5 Å². The Hall–Kier alpha value is -3.29. The lowest BCUT2D eigenvalue weighted by Crippen LogP contribution is -2.57. The third-order valence-corrected chi connectivity index (χ3v) is 6.93. The fraction of sp³-hybridized carbons (Fsp3) is 0.435. The number of likely N-dealkylation sites (tertiary alicyclic amines) is 1. The minimum Gasteiger partial charge on any atom is -0.322 e. The fourth-order valence-corrected chi connectivity index (χ4v) is 5.36. The molecule has 8 nitrogen and oxygen atoms in total. The molecule has 0 spiro atoms. The van der Waals surface area contributed by atoms with Crippen molar-refractivity contribution in [3.8, 4) is 0 Å². The van der Waals surface area contributed by atoms with E-state index in [-0.39, 0.29) is 55.1 Å². The molecule has 160 valence electrons. The Labute approximate surface area is 179 Å². The topological polar surface area (TPSA) is 95.1 Å². The Morgan fingerprint density at radius 1 is 0.839 bits per heavy atom. The number of allylic oxidation sites excluding steroid dienone is 2. The number of piperazine rings is 1. The van der Waals surface area contributed by atoms with Gasteiger partial charge in [-0.25, -0.2) is 0 Å². The van der Waals surface area contributed by atoms with Crippen LogP contribution in [0.25, 0.3) is 0 Å². The van der Waals surface area contributed by atoms with E-state index >= 15 is 0 Å². The largest absolute Gasteiger partial charge is 0.322 e. The highest BCUT2D eigenvalue weighted by Crippen LogP contribution is 2.52. The number of hydrogen-bond donors (Lipinski definition) is 0. The summed E-state index contributed by atoms with van der Waals surface area (Å²) in [7, 11) is 0. The van der Waals surface area contributed by atoms with Gasteiger partial charge in [-0.3, -0.25) is 33.8 Å². The Morgan fingerprint density at radius 3 is 2.00 bits per heavy atom. The van der Waals surface area contributed by atoms with E-state index in [2.05, 4.69) is 0 Å². The van der Waals surface area contributed by atoms with E-state index in [0.29, 0.717) is 6.42 Å². The summed E-state index contributed by atoms with van der Waals surface area (Å²) in [5.74, 6) is -2.64. The molecule has 8 heteroatoms. The van der Waals surface area contributed by atoms with Crippen LogP contribution in [0.5, 0.6) is 0 Å². The minimum atomic E-state index is -0.550. The van der Waals surface area contributed by atoms with Gasteiger partial charge < -0.3 is 4.90 Å². The Morgan fingerprint density at radius 2 is 1.42 bits per heavy atom. The van der Waals surface area contributed by atoms with Gasteiger partial charge in [0.25, 0.3) is 0 Å². The molecule has 1 aromatic rings. The smallest absolute Gasteiger partial charge is 0.248 e. The molecule has 2 saturated heterocycles. The number of fused-ring (bicyclic) bond motifs is 5. The number of rotatable bonds is 5. The number of carbonyl (C=O) groups is 5. The molecule has 1 aromatic carbocycles. The lowest BCUT2D eigenvalue weighted by molar-refractivity contribution is -0.157. The van der Waals surface area contributed by atoms with Crippen LogP contribution in [0.4, 0.5) is 0 Å². The van der Waals surface area contributed by atoms with Gasteiger partial charge in [-0.05, 0) is 30.2 Å². The van der Waals surface area contributed by atoms with Crippen molar-refractivity contribution in [3.63, 3.8) is 0 Å². The molecule has 2 aliphatic heterocycles. The molecule has 5 amide bonds. The maximum absolute atomic E-state index is 12.8. The number of nitrogens with zero attached hydrogens (tertiary/aromatic N) is 3. The van der Waals surface area contributed by atoms with E-state index in [4.69, 9.17) is 0 Å². The van der Waals surface area contributed by atoms with Crippen molar-refractivity contribution in [1.82, 2.24) is 14.7 Å². The van der Waals surface area contributed by atoms with Gasteiger partial charge in [-0.15, -0.1) is 0 Å². The summed E-state index contributed by atoms with van der Waals surface area (Å²) in [5.41, 5.74) is 1.02. The standard InChI is InChI=1S/C23H23N3O5/c27-17(13-26-22(30)20-15-6-7-16(10-15)21(20)23(26)31)24-11-18(28)25(19(29)12-24)9-8-14-4-2-1-3-5-14/h1-7,15-16,20-21H,8-13H2/t15-,16-,20+,21+/m0/s1. The van der Waals surface area contributed by atoms with Gasteiger partial charge in [0, 0.05) is 6.54 Å². The van der Waals surface area contributed by atoms with Crippen LogP contribution >= 0.6 is 0 Å². The van der Waals surface area contributed by atoms with E-state index in [9.17, 15) is 24.0 Å². The lowest BCUT2D eigenvalue weighted by atomic mass is 9.85. The molecule has 0 aromatic heterocycles. The monoisotopic (exact) mass is 421 g/mol. The normalized spacial score (nSPS) is 29.4. The second kappa shape index (κ2) is 7.44. The SMILES string of the molecule is O=C(CN1C(=O)[C@H]2[C@H](C1=O)[C@H]1C=C[C@H]2C1)N1CC(=O)N(CCc2ccccc2)C(=O)C1. The summed E-state index contributed by atoms with van der Waals surface area (Å²) in [6, 6.07) is 9.54. The van der Waals surface area contributed by atoms with Gasteiger partial charge in [-0.1, -0.05) is 42.5 Å². The molecule has 0 N–H and O–H groups in total. The van der Waals surface area contributed by atoms with E-state index in [1.165, 1.54) is 4.90 Å². The zero-order valence-corrected chi connectivity index (χ0v) is 17.0. The van der Waals surface area contributed by atoms with Crippen molar-refractivity contribution in [2.24, 2.45) is 23.7 Å². The van der Waals surface area contributed by atoms with Gasteiger partial charge >= 0.3 is 0 Å². The van der Waals surface area contributed by atoms with Crippen LogP contribution in [0.1, 0.15) is 12.0 Å². The second-order valence-electron chi connectivity index (χ2n) is 8.69. The third-order valence-electron chi connectivity index (χ3n) is 6.93. The molecule has 2 aliphatic carbocycles. The molecule has 1 saturated carbocycles. The summed E-state index contributed by atoms with van der Waals surface area (Å²) in [6.45, 7) is -0.606. The highest BCUT2D eigenvalue weighted by atomic mass is 16.2. The highest BCUT2D eigenvalue weighted by Gasteiger charge is 2.59. The molecular weight excluding hydrogens is 398 g/mol. The first-order chi connectivity index (χ1) is 14.9. The average Bonchev–Trinajstić information content (AvgIpc) is 3.44. The number of hydrogen-bond acceptors (Lipinski definition) is 5. The minimum absolute atomic E-state index is 0.0721. The molecule has 5 rings (SSSR count). The average molecular weight is 421 g/mol. The van der Waals surface area contributed by atoms with Gasteiger partial charge in [0.05, 0.1) is 11.8 Å². The summed E-state index contributed by atoms with van der Waals surface area (Å²) < 4.78 is 0. The van der Waals surface area contributed by atoms with E-state index < -0.39 is 24.3 Å². The van der Waals surface area contributed by atoms with Crippen molar-refractivity contribution in [3.05, 3.63) is 48.0 Å². The summed E-state index contributed by atoms with van der Waals surface area (Å²) >= 11 is 0. The molecule has 2 bridgehead atoms. The quantitative estimate of drug-likeness (QED) is 0.501. The van der Waals surface area contributed by atoms with Gasteiger partial charge in [0.15, 0.2) is 0 Å². The molecule has 4 aliphatic rings. The predicted molar refractivity (Wildman–Crippen MR) is 108 cm³/mol. The van der Waals surface area contributed by atoms with E-state index in [0.717, 1.165) is 21.8 Å². The number of benzene rings is 1. The van der Waals surface area contributed by atoms with Gasteiger partial charge in [0.1, 0.15) is 19.6 Å². The summed E-state index contributed by atoms with van der Waals surface area (Å²) in [5, 5.41) is 0. The van der Waals surface area contributed by atoms with Crippen molar-refractivity contribution in [1.29, 1.82) is 0 Å². The zero-order chi connectivity index (χ0) is 21.7.